The zero-order chi connectivity index (χ0) is 23.2. The summed E-state index contributed by atoms with van der Waals surface area (Å²) in [5.74, 6) is -0.726. The van der Waals surface area contributed by atoms with E-state index in [1.165, 1.54) is 4.68 Å². The molecule has 1 N–H and O–H groups in total. The molecule has 7 heteroatoms. The number of para-hydroxylation sites is 1. The smallest absolute Gasteiger partial charge is 0.362 e. The molecule has 0 bridgehead atoms. The van der Waals surface area contributed by atoms with Gasteiger partial charge in [0.1, 0.15) is 0 Å². The van der Waals surface area contributed by atoms with Crippen LogP contribution in [0, 0.1) is 0 Å². The Morgan fingerprint density at radius 1 is 1.00 bits per heavy atom. The molecular weight excluding hydrogens is 418 g/mol. The van der Waals surface area contributed by atoms with Crippen LogP contribution in [0.1, 0.15) is 35.9 Å². The SMILES string of the molecule is CCOC(=O)c1nn(-c2ccccc2)cc1OCC(=O)NC(C)c1ccc2ccccc2c1. The first-order valence-electron chi connectivity index (χ1n) is 10.8. The fourth-order valence-electron chi connectivity index (χ4n) is 3.50. The Hall–Kier alpha value is -4.13. The van der Waals surface area contributed by atoms with Gasteiger partial charge in [-0.1, -0.05) is 54.6 Å². The van der Waals surface area contributed by atoms with Crippen LogP contribution in [0.15, 0.2) is 79.0 Å². The zero-order valence-corrected chi connectivity index (χ0v) is 18.5. The highest BCUT2D eigenvalue weighted by Gasteiger charge is 2.21. The monoisotopic (exact) mass is 443 g/mol. The van der Waals surface area contributed by atoms with Gasteiger partial charge in [-0.3, -0.25) is 4.79 Å². The minimum Gasteiger partial charge on any atom is -0.480 e. The third-order valence-corrected chi connectivity index (χ3v) is 5.18. The first-order valence-corrected chi connectivity index (χ1v) is 10.8. The fraction of sp³-hybridized carbons (Fsp3) is 0.192. The van der Waals surface area contributed by atoms with Crippen molar-refractivity contribution in [2.75, 3.05) is 13.2 Å². The highest BCUT2D eigenvalue weighted by atomic mass is 16.5. The lowest BCUT2D eigenvalue weighted by Crippen LogP contribution is -2.31. The minimum absolute atomic E-state index is 0.0241. The largest absolute Gasteiger partial charge is 0.480 e. The minimum atomic E-state index is -0.605. The molecule has 1 aromatic heterocycles. The lowest BCUT2D eigenvalue weighted by Gasteiger charge is -2.15. The first-order chi connectivity index (χ1) is 16.0. The molecule has 0 aliphatic rings. The highest BCUT2D eigenvalue weighted by molar-refractivity contribution is 5.90. The maximum absolute atomic E-state index is 12.6. The van der Waals surface area contributed by atoms with Crippen molar-refractivity contribution in [3.05, 3.63) is 90.3 Å². The first kappa shape index (κ1) is 22.1. The van der Waals surface area contributed by atoms with E-state index in [1.807, 2.05) is 73.7 Å². The summed E-state index contributed by atoms with van der Waals surface area (Å²) in [5.41, 5.74) is 1.77. The summed E-state index contributed by atoms with van der Waals surface area (Å²) in [7, 11) is 0. The van der Waals surface area contributed by atoms with E-state index in [-0.39, 0.29) is 36.6 Å². The molecule has 168 valence electrons. The van der Waals surface area contributed by atoms with Crippen LogP contribution in [0.2, 0.25) is 0 Å². The topological polar surface area (TPSA) is 82.4 Å². The second-order valence-corrected chi connectivity index (χ2v) is 7.53. The molecule has 0 radical (unpaired) electrons. The Morgan fingerprint density at radius 2 is 1.73 bits per heavy atom. The molecular formula is C26H25N3O4. The van der Waals surface area contributed by atoms with Gasteiger partial charge in [-0.2, -0.15) is 5.10 Å². The van der Waals surface area contributed by atoms with Crippen molar-refractivity contribution >= 4 is 22.6 Å². The normalized spacial score (nSPS) is 11.7. The summed E-state index contributed by atoms with van der Waals surface area (Å²) >= 11 is 0. The van der Waals surface area contributed by atoms with Crippen LogP contribution in [0.5, 0.6) is 5.75 Å². The van der Waals surface area contributed by atoms with Gasteiger partial charge < -0.3 is 14.8 Å². The summed E-state index contributed by atoms with van der Waals surface area (Å²) in [6.07, 6.45) is 1.57. The molecule has 1 unspecified atom stereocenters. The molecule has 0 spiro atoms. The average Bonchev–Trinajstić information content (AvgIpc) is 3.27. The van der Waals surface area contributed by atoms with Crippen molar-refractivity contribution in [3.63, 3.8) is 0 Å². The Kier molecular flexibility index (Phi) is 6.69. The summed E-state index contributed by atoms with van der Waals surface area (Å²) in [6.45, 7) is 3.58. The van der Waals surface area contributed by atoms with Gasteiger partial charge in [0.25, 0.3) is 5.91 Å². The number of rotatable bonds is 8. The highest BCUT2D eigenvalue weighted by Crippen LogP contribution is 2.22. The van der Waals surface area contributed by atoms with Crippen molar-refractivity contribution in [3.8, 4) is 11.4 Å². The van der Waals surface area contributed by atoms with E-state index in [0.29, 0.717) is 0 Å². The molecule has 1 heterocycles. The van der Waals surface area contributed by atoms with Gasteiger partial charge in [-0.05, 0) is 48.4 Å². The van der Waals surface area contributed by atoms with Crippen molar-refractivity contribution < 1.29 is 19.1 Å². The molecule has 4 rings (SSSR count). The molecule has 0 saturated carbocycles. The van der Waals surface area contributed by atoms with Crippen LogP contribution in [-0.4, -0.2) is 34.9 Å². The number of carbonyl (C=O) groups excluding carboxylic acids is 2. The number of ether oxygens (including phenoxy) is 2. The number of benzene rings is 3. The number of esters is 1. The van der Waals surface area contributed by atoms with E-state index in [9.17, 15) is 9.59 Å². The predicted octanol–water partition coefficient (Wildman–Crippen LogP) is 4.46. The van der Waals surface area contributed by atoms with E-state index in [0.717, 1.165) is 22.0 Å². The van der Waals surface area contributed by atoms with Crippen LogP contribution >= 0.6 is 0 Å². The lowest BCUT2D eigenvalue weighted by atomic mass is 10.0. The second-order valence-electron chi connectivity index (χ2n) is 7.53. The fourth-order valence-corrected chi connectivity index (χ4v) is 3.50. The molecule has 0 aliphatic carbocycles. The van der Waals surface area contributed by atoms with Gasteiger partial charge in [0, 0.05) is 0 Å². The molecule has 4 aromatic rings. The van der Waals surface area contributed by atoms with Crippen LogP contribution < -0.4 is 10.1 Å². The number of amides is 1. The molecule has 7 nitrogen and oxygen atoms in total. The summed E-state index contributed by atoms with van der Waals surface area (Å²) in [5, 5.41) is 9.49. The number of nitrogens with zero attached hydrogens (tertiary/aromatic N) is 2. The third kappa shape index (κ3) is 5.20. The van der Waals surface area contributed by atoms with Crippen molar-refractivity contribution in [2.45, 2.75) is 19.9 Å². The van der Waals surface area contributed by atoms with Gasteiger partial charge in [-0.15, -0.1) is 0 Å². The van der Waals surface area contributed by atoms with E-state index < -0.39 is 5.97 Å². The van der Waals surface area contributed by atoms with E-state index in [2.05, 4.69) is 16.5 Å². The third-order valence-electron chi connectivity index (χ3n) is 5.18. The lowest BCUT2D eigenvalue weighted by molar-refractivity contribution is -0.123. The average molecular weight is 444 g/mol. The summed E-state index contributed by atoms with van der Waals surface area (Å²) < 4.78 is 12.3. The number of hydrogen-bond donors (Lipinski definition) is 1. The quantitative estimate of drug-likeness (QED) is 0.407. The van der Waals surface area contributed by atoms with Gasteiger partial charge in [0.05, 0.1) is 24.5 Å². The second kappa shape index (κ2) is 9.99. The number of nitrogens with one attached hydrogen (secondary N) is 1. The number of fused-ring (bicyclic) bond motifs is 1. The number of carbonyl (C=O) groups is 2. The van der Waals surface area contributed by atoms with E-state index >= 15 is 0 Å². The predicted molar refractivity (Wildman–Crippen MR) is 126 cm³/mol. The molecule has 0 aliphatic heterocycles. The van der Waals surface area contributed by atoms with Crippen LogP contribution in [0.25, 0.3) is 16.5 Å². The zero-order valence-electron chi connectivity index (χ0n) is 18.5. The molecule has 0 fully saturated rings. The maximum Gasteiger partial charge on any atom is 0.362 e. The summed E-state index contributed by atoms with van der Waals surface area (Å²) in [4.78, 5) is 24.9. The van der Waals surface area contributed by atoms with Gasteiger partial charge in [0.2, 0.25) is 5.69 Å². The Morgan fingerprint density at radius 3 is 2.48 bits per heavy atom. The van der Waals surface area contributed by atoms with Gasteiger partial charge in [0.15, 0.2) is 12.4 Å². The van der Waals surface area contributed by atoms with Gasteiger partial charge >= 0.3 is 5.97 Å². The van der Waals surface area contributed by atoms with Gasteiger partial charge in [-0.25, -0.2) is 9.48 Å². The van der Waals surface area contributed by atoms with E-state index in [1.54, 1.807) is 13.1 Å². The van der Waals surface area contributed by atoms with Crippen molar-refractivity contribution in [2.24, 2.45) is 0 Å². The van der Waals surface area contributed by atoms with Crippen molar-refractivity contribution in [1.29, 1.82) is 0 Å². The maximum atomic E-state index is 12.6. The van der Waals surface area contributed by atoms with Crippen molar-refractivity contribution in [1.82, 2.24) is 15.1 Å². The molecule has 1 amide bonds. The molecule has 0 saturated heterocycles. The van der Waals surface area contributed by atoms with E-state index in [4.69, 9.17) is 9.47 Å². The van der Waals surface area contributed by atoms with Crippen LogP contribution in [0.4, 0.5) is 0 Å². The Labute approximate surface area is 191 Å². The number of aromatic nitrogens is 2. The van der Waals surface area contributed by atoms with Crippen LogP contribution in [0.3, 0.4) is 0 Å². The summed E-state index contributed by atoms with van der Waals surface area (Å²) in [6, 6.07) is 23.3. The van der Waals surface area contributed by atoms with Crippen LogP contribution in [-0.2, 0) is 9.53 Å². The molecule has 3 aromatic carbocycles. The molecule has 33 heavy (non-hydrogen) atoms. The standard InChI is InChI=1S/C26H25N3O4/c1-3-32-26(31)25-23(16-29(28-25)22-11-5-4-6-12-22)33-17-24(30)27-18(2)20-14-13-19-9-7-8-10-21(19)15-20/h4-16,18H,3,17H2,1-2H3,(H,27,30). The Bertz CT molecular complexity index is 1270. The molecule has 1 atom stereocenters. The number of hydrogen-bond acceptors (Lipinski definition) is 5. The Balaban J connectivity index is 1.45.